The highest BCUT2D eigenvalue weighted by Crippen LogP contribution is 2.81. The van der Waals surface area contributed by atoms with Gasteiger partial charge in [-0.15, -0.1) is 0 Å². The molecule has 0 amide bonds. The first kappa shape index (κ1) is 40.9. The summed E-state index contributed by atoms with van der Waals surface area (Å²) in [6.45, 7) is 4.42. The maximum atomic E-state index is 14.1. The van der Waals surface area contributed by atoms with Crippen LogP contribution in [0.3, 0.4) is 0 Å². The van der Waals surface area contributed by atoms with Gasteiger partial charge in [-0.2, -0.15) is 0 Å². The average molecular weight is 810 g/mol. The number of hydrogen-bond donors (Lipinski definition) is 2. The molecule has 5 aliphatic carbocycles. The van der Waals surface area contributed by atoms with E-state index in [1.165, 1.54) is 21.1 Å². The Morgan fingerprint density at radius 3 is 1.90 bits per heavy atom. The summed E-state index contributed by atoms with van der Waals surface area (Å²) in [4.78, 5) is 44.1. The molecule has 6 aliphatic rings. The highest BCUT2D eigenvalue weighted by Gasteiger charge is 2.92. The summed E-state index contributed by atoms with van der Waals surface area (Å²) < 4.78 is 55.6. The van der Waals surface area contributed by atoms with Gasteiger partial charge in [0.05, 0.1) is 44.2 Å². The van der Waals surface area contributed by atoms with E-state index in [1.807, 2.05) is 6.92 Å². The number of hydrogen-bond acceptors (Lipinski definition) is 15. The predicted molar refractivity (Wildman–Crippen MR) is 203 cm³/mol. The Morgan fingerprint density at radius 1 is 0.793 bits per heavy atom. The minimum atomic E-state index is -1.93. The summed E-state index contributed by atoms with van der Waals surface area (Å²) in [7, 11) is 9.30. The molecule has 1 aliphatic heterocycles. The van der Waals surface area contributed by atoms with Gasteiger partial charge in [-0.3, -0.25) is 9.69 Å². The maximum absolute atomic E-state index is 14.1. The van der Waals surface area contributed by atoms with Crippen molar-refractivity contribution in [3.8, 4) is 11.5 Å². The molecule has 2 N–H and O–H groups in total. The maximum Gasteiger partial charge on any atom is 0.338 e. The van der Waals surface area contributed by atoms with Gasteiger partial charge < -0.3 is 52.8 Å². The van der Waals surface area contributed by atoms with Gasteiger partial charge in [0.25, 0.3) is 0 Å². The molecular weight excluding hydrogens is 754 g/mol. The molecule has 15 atom stereocenters. The van der Waals surface area contributed by atoms with Crippen molar-refractivity contribution >= 4 is 17.9 Å². The molecule has 5 saturated carbocycles. The zero-order chi connectivity index (χ0) is 41.5. The number of aliphatic hydroxyl groups is 2. The number of aliphatic hydroxyl groups excluding tert-OH is 1. The van der Waals surface area contributed by atoms with E-state index < -0.39 is 106 Å². The monoisotopic (exact) mass is 809 g/mol. The molecule has 1 heterocycles. The van der Waals surface area contributed by atoms with Gasteiger partial charge in [0.2, 0.25) is 0 Å². The van der Waals surface area contributed by atoms with Crippen LogP contribution in [0.5, 0.6) is 11.5 Å². The average Bonchev–Trinajstić information content (AvgIpc) is 3.60. The van der Waals surface area contributed by atoms with E-state index in [-0.39, 0.29) is 25.0 Å². The molecule has 15 heteroatoms. The van der Waals surface area contributed by atoms with E-state index in [0.717, 1.165) is 0 Å². The van der Waals surface area contributed by atoms with Crippen molar-refractivity contribution in [1.29, 1.82) is 0 Å². The van der Waals surface area contributed by atoms with Crippen molar-refractivity contribution in [2.75, 3.05) is 62.4 Å². The number of piperidine rings is 1. The number of carbonyl (C=O) groups excluding carboxylic acids is 3. The van der Waals surface area contributed by atoms with Gasteiger partial charge in [-0.25, -0.2) is 9.59 Å². The van der Waals surface area contributed by atoms with E-state index in [2.05, 4.69) is 4.90 Å². The molecule has 7 bridgehead atoms. The van der Waals surface area contributed by atoms with Crippen LogP contribution in [-0.2, 0) is 38.0 Å². The summed E-state index contributed by atoms with van der Waals surface area (Å²) in [6.07, 6.45) is -6.04. The second kappa shape index (κ2) is 14.7. The zero-order valence-electron chi connectivity index (χ0n) is 34.2. The topological polar surface area (TPSA) is 178 Å². The number of methoxy groups -OCH3 is 6. The van der Waals surface area contributed by atoms with Crippen LogP contribution in [0.4, 0.5) is 0 Å². The van der Waals surface area contributed by atoms with E-state index in [0.29, 0.717) is 30.2 Å². The molecule has 316 valence electrons. The Hall–Kier alpha value is -3.83. The second-order valence-electron chi connectivity index (χ2n) is 16.9. The molecular formula is C43H55NO14. The van der Waals surface area contributed by atoms with Crippen molar-refractivity contribution in [2.45, 2.75) is 80.6 Å². The van der Waals surface area contributed by atoms with Crippen molar-refractivity contribution in [1.82, 2.24) is 4.90 Å². The van der Waals surface area contributed by atoms with Gasteiger partial charge >= 0.3 is 17.9 Å². The zero-order valence-corrected chi connectivity index (χ0v) is 34.2. The van der Waals surface area contributed by atoms with Crippen molar-refractivity contribution < 1.29 is 67.2 Å². The number of benzene rings is 2. The first-order valence-electron chi connectivity index (χ1n) is 19.9. The van der Waals surface area contributed by atoms with Crippen LogP contribution in [0.25, 0.3) is 0 Å². The molecule has 6 fully saturated rings. The Balaban J connectivity index is 1.34. The largest absolute Gasteiger partial charge is 0.497 e. The highest BCUT2D eigenvalue weighted by atomic mass is 16.6. The molecule has 0 aromatic heterocycles. The third-order valence-electron chi connectivity index (χ3n) is 15.0. The summed E-state index contributed by atoms with van der Waals surface area (Å²) in [5, 5.41) is 25.9. The lowest BCUT2D eigenvalue weighted by Gasteiger charge is -2.70. The summed E-state index contributed by atoms with van der Waals surface area (Å²) in [6, 6.07) is 12.7. The number of nitrogens with zero attached hydrogens (tertiary/aromatic N) is 1. The Kier molecular flexibility index (Phi) is 10.4. The molecule has 58 heavy (non-hydrogen) atoms. The fourth-order valence-corrected chi connectivity index (χ4v) is 13.5. The first-order chi connectivity index (χ1) is 27.8. The Morgan fingerprint density at radius 2 is 1.40 bits per heavy atom. The molecule has 1 saturated heterocycles. The summed E-state index contributed by atoms with van der Waals surface area (Å²) in [5.74, 6) is -3.57. The van der Waals surface area contributed by atoms with Gasteiger partial charge in [0.1, 0.15) is 41.5 Å². The third-order valence-corrected chi connectivity index (χ3v) is 15.0. The summed E-state index contributed by atoms with van der Waals surface area (Å²) in [5.41, 5.74) is -4.98. The molecule has 15 nitrogen and oxygen atoms in total. The van der Waals surface area contributed by atoms with E-state index in [4.69, 9.17) is 42.6 Å². The van der Waals surface area contributed by atoms with E-state index in [1.54, 1.807) is 77.0 Å². The SMILES string of the molecule is CCN1C[C@]2(COC)[C@H](OC(=O)c3ccc(OC)cc3)CC(OC)C34C1C([C@H](OC)[C@@H]32)[C@]1(OC(C)=O)[C@H]2[C@@H](OC(=O)c3ccc(OC)cc3)[C@](O)(C[C@@H]24)[C@@H](OC)[C@@H]1O. The van der Waals surface area contributed by atoms with Crippen LogP contribution >= 0.6 is 0 Å². The third kappa shape index (κ3) is 5.26. The number of rotatable bonds is 13. The van der Waals surface area contributed by atoms with Gasteiger partial charge in [0, 0.05) is 83.0 Å². The molecule has 2 aromatic carbocycles. The lowest BCUT2D eigenvalue weighted by atomic mass is 9.42. The van der Waals surface area contributed by atoms with Crippen LogP contribution in [0.1, 0.15) is 47.4 Å². The standard InChI is InChI=1S/C43H55NO14/c1-9-44-20-40(21-50-3)28(56-38(47)23-10-14-25(51-4)15-11-23)18-29(53-6)42-27-19-41(49)36(57-39(48)24-12-16-26(52-5)17-13-24)30(27)43(58-22(2)45,35(46)37(41)55-8)31(34(42)44)32(54-7)33(40)42/h10-17,27-37,46,49H,9,18-21H2,1-8H3/t27-,28+,29?,30+,31?,32-,33+,34?,35-,36+,37-,40-,41+,42?,43+/m0/s1. The van der Waals surface area contributed by atoms with Crippen LogP contribution in [0.15, 0.2) is 48.5 Å². The number of fused-ring (bicyclic) bond motifs is 2. The minimum Gasteiger partial charge on any atom is -0.497 e. The van der Waals surface area contributed by atoms with Crippen LogP contribution in [0.2, 0.25) is 0 Å². The predicted octanol–water partition coefficient (Wildman–Crippen LogP) is 2.53. The molecule has 0 radical (unpaired) electrons. The molecule has 4 unspecified atom stereocenters. The fourth-order valence-electron chi connectivity index (χ4n) is 13.5. The first-order valence-corrected chi connectivity index (χ1v) is 19.9. The second-order valence-corrected chi connectivity index (χ2v) is 16.9. The van der Waals surface area contributed by atoms with Gasteiger partial charge in [-0.1, -0.05) is 6.92 Å². The fraction of sp³-hybridized carbons (Fsp3) is 0.651. The number of likely N-dealkylation sites (tertiary alicyclic amines) is 1. The number of carbonyl (C=O) groups is 3. The van der Waals surface area contributed by atoms with Crippen LogP contribution in [-0.4, -0.2) is 149 Å². The van der Waals surface area contributed by atoms with E-state index >= 15 is 0 Å². The van der Waals surface area contributed by atoms with Crippen molar-refractivity contribution in [2.24, 2.45) is 34.5 Å². The highest BCUT2D eigenvalue weighted by molar-refractivity contribution is 5.90. The number of esters is 3. The quantitative estimate of drug-likeness (QED) is 0.223. The van der Waals surface area contributed by atoms with Gasteiger partial charge in [0.15, 0.2) is 5.60 Å². The molecule has 8 rings (SSSR count). The lowest BCUT2D eigenvalue weighted by molar-refractivity contribution is -0.322. The van der Waals surface area contributed by atoms with Crippen molar-refractivity contribution in [3.63, 3.8) is 0 Å². The lowest BCUT2D eigenvalue weighted by Crippen LogP contribution is -2.81. The van der Waals surface area contributed by atoms with Crippen LogP contribution < -0.4 is 9.47 Å². The minimum absolute atomic E-state index is 0.00371. The Bertz CT molecular complexity index is 1890. The number of ether oxygens (including phenoxy) is 9. The van der Waals surface area contributed by atoms with Crippen LogP contribution in [0, 0.1) is 34.5 Å². The van der Waals surface area contributed by atoms with Gasteiger partial charge in [-0.05, 0) is 67.4 Å². The molecule has 1 spiro atoms. The molecule has 2 aromatic rings. The Labute approximate surface area is 338 Å². The smallest absolute Gasteiger partial charge is 0.338 e. The normalized spacial score (nSPS) is 41.7. The van der Waals surface area contributed by atoms with Crippen molar-refractivity contribution in [3.05, 3.63) is 59.7 Å². The van der Waals surface area contributed by atoms with E-state index in [9.17, 15) is 24.6 Å². The summed E-state index contributed by atoms with van der Waals surface area (Å²) >= 11 is 0.